The van der Waals surface area contributed by atoms with Gasteiger partial charge in [0.15, 0.2) is 0 Å². The van der Waals surface area contributed by atoms with Crippen LogP contribution in [0.25, 0.3) is 0 Å². The van der Waals surface area contributed by atoms with E-state index in [-0.39, 0.29) is 10.1 Å². The summed E-state index contributed by atoms with van der Waals surface area (Å²) in [5.74, 6) is -0.550. The molecule has 27 heavy (non-hydrogen) atoms. The van der Waals surface area contributed by atoms with Crippen molar-refractivity contribution in [3.05, 3.63) is 17.5 Å². The predicted octanol–water partition coefficient (Wildman–Crippen LogP) is 2.10. The molecule has 1 atom stereocenters. The molecule has 1 aliphatic carbocycles. The highest BCUT2D eigenvalue weighted by Crippen LogP contribution is 2.30. The van der Waals surface area contributed by atoms with Crippen molar-refractivity contribution in [3.8, 4) is 0 Å². The molecule has 0 aliphatic heterocycles. The van der Waals surface area contributed by atoms with Gasteiger partial charge in [-0.15, -0.1) is 11.3 Å². The van der Waals surface area contributed by atoms with Crippen LogP contribution in [-0.4, -0.2) is 49.8 Å². The van der Waals surface area contributed by atoms with Crippen LogP contribution in [0.5, 0.6) is 0 Å². The number of carbonyl (C=O) groups is 2. The van der Waals surface area contributed by atoms with E-state index in [4.69, 9.17) is 0 Å². The van der Waals surface area contributed by atoms with Crippen molar-refractivity contribution in [1.29, 1.82) is 0 Å². The second-order valence-corrected chi connectivity index (χ2v) is 9.77. The van der Waals surface area contributed by atoms with Crippen LogP contribution in [0.15, 0.2) is 21.7 Å². The van der Waals surface area contributed by atoms with E-state index < -0.39 is 27.5 Å². The van der Waals surface area contributed by atoms with Gasteiger partial charge in [-0.05, 0) is 45.1 Å². The van der Waals surface area contributed by atoms with Crippen molar-refractivity contribution >= 4 is 33.2 Å². The monoisotopic (exact) mass is 415 g/mol. The van der Waals surface area contributed by atoms with Gasteiger partial charge < -0.3 is 10.2 Å². The first-order valence-electron chi connectivity index (χ1n) is 9.43. The fourth-order valence-corrected chi connectivity index (χ4v) is 5.68. The minimum Gasteiger partial charge on any atom is -0.341 e. The molecule has 2 N–H and O–H groups in total. The predicted molar refractivity (Wildman–Crippen MR) is 106 cm³/mol. The molecule has 1 aliphatic rings. The van der Waals surface area contributed by atoms with Gasteiger partial charge in [-0.2, -0.15) is 4.72 Å². The Labute approximate surface area is 165 Å². The van der Waals surface area contributed by atoms with Crippen LogP contribution >= 0.6 is 11.3 Å². The average molecular weight is 416 g/mol. The van der Waals surface area contributed by atoms with E-state index >= 15 is 0 Å². The molecule has 0 aromatic carbocycles. The molecule has 0 saturated heterocycles. The molecule has 1 heterocycles. The molecule has 2 rings (SSSR count). The summed E-state index contributed by atoms with van der Waals surface area (Å²) in [5.41, 5.74) is -0.940. The highest BCUT2D eigenvalue weighted by Gasteiger charge is 2.43. The molecule has 0 bridgehead atoms. The Morgan fingerprint density at radius 1 is 1.22 bits per heavy atom. The second kappa shape index (κ2) is 9.16. The molecule has 1 aromatic heterocycles. The maximum atomic E-state index is 13.1. The van der Waals surface area contributed by atoms with Gasteiger partial charge in [-0.1, -0.05) is 25.3 Å². The number of rotatable bonds is 8. The molecule has 1 saturated carbocycles. The van der Waals surface area contributed by atoms with E-state index in [9.17, 15) is 18.0 Å². The molecule has 0 spiro atoms. The number of hydrogen-bond donors (Lipinski definition) is 2. The van der Waals surface area contributed by atoms with Crippen LogP contribution in [0.4, 0.5) is 0 Å². The largest absolute Gasteiger partial charge is 0.341 e. The van der Waals surface area contributed by atoms with Crippen molar-refractivity contribution in [2.75, 3.05) is 13.1 Å². The molecular formula is C18H29N3O4S2. The lowest BCUT2D eigenvalue weighted by Gasteiger charge is -2.40. The summed E-state index contributed by atoms with van der Waals surface area (Å²) in [6, 6.07) is 2.16. The molecule has 7 nitrogen and oxygen atoms in total. The molecule has 2 amide bonds. The lowest BCUT2D eigenvalue weighted by molar-refractivity contribution is -0.143. The minimum absolute atomic E-state index is 0.0751. The van der Waals surface area contributed by atoms with Gasteiger partial charge in [0.2, 0.25) is 11.8 Å². The molecule has 1 aromatic rings. The van der Waals surface area contributed by atoms with Gasteiger partial charge in [0.05, 0.1) is 6.04 Å². The van der Waals surface area contributed by atoms with E-state index in [2.05, 4.69) is 10.0 Å². The third-order valence-corrected chi connectivity index (χ3v) is 7.95. The summed E-state index contributed by atoms with van der Waals surface area (Å²) in [4.78, 5) is 27.6. The number of likely N-dealkylation sites (N-methyl/N-ethyl adjacent to an activating group) is 1. The Bertz CT molecular complexity index is 737. The van der Waals surface area contributed by atoms with Crippen molar-refractivity contribution in [2.45, 2.75) is 68.7 Å². The molecule has 9 heteroatoms. The molecular weight excluding hydrogens is 386 g/mol. The fourth-order valence-electron chi connectivity index (χ4n) is 3.47. The second-order valence-electron chi connectivity index (χ2n) is 6.88. The van der Waals surface area contributed by atoms with E-state index in [1.807, 2.05) is 13.8 Å². The highest BCUT2D eigenvalue weighted by molar-refractivity contribution is 7.91. The number of thiophene rings is 1. The molecule has 152 valence electrons. The average Bonchev–Trinajstić information content (AvgIpc) is 3.18. The molecule has 0 radical (unpaired) electrons. The van der Waals surface area contributed by atoms with Crippen LogP contribution in [0.1, 0.15) is 52.9 Å². The Balaban J connectivity index is 2.14. The molecule has 1 fully saturated rings. The van der Waals surface area contributed by atoms with Gasteiger partial charge in [-0.3, -0.25) is 9.59 Å². The number of nitrogens with zero attached hydrogens (tertiary/aromatic N) is 1. The zero-order chi connectivity index (χ0) is 20.1. The minimum atomic E-state index is -3.76. The zero-order valence-electron chi connectivity index (χ0n) is 16.2. The van der Waals surface area contributed by atoms with E-state index in [1.54, 1.807) is 16.3 Å². The Morgan fingerprint density at radius 3 is 2.37 bits per heavy atom. The topological polar surface area (TPSA) is 95.6 Å². The van der Waals surface area contributed by atoms with Crippen LogP contribution < -0.4 is 10.0 Å². The lowest BCUT2D eigenvalue weighted by Crippen LogP contribution is -2.63. The quantitative estimate of drug-likeness (QED) is 0.680. The first kappa shape index (κ1) is 21.8. The number of sulfonamides is 1. The third-order valence-electron chi connectivity index (χ3n) is 5.01. The SMILES string of the molecule is CCN(CC)C(=O)C1(NC(=O)C(C)NS(=O)(=O)c2cccs2)CCCCC1. The number of carbonyl (C=O) groups excluding carboxylic acids is 2. The van der Waals surface area contributed by atoms with Crippen LogP contribution in [0.2, 0.25) is 0 Å². The standard InChI is InChI=1S/C18H29N3O4S2/c1-4-21(5-2)17(23)18(11-7-6-8-12-18)19-16(22)14(3)20-27(24,25)15-10-9-13-26-15/h9-10,13-14,20H,4-8,11-12H2,1-3H3,(H,19,22). The summed E-state index contributed by atoms with van der Waals surface area (Å²) in [6.45, 7) is 6.48. The zero-order valence-corrected chi connectivity index (χ0v) is 17.8. The highest BCUT2D eigenvalue weighted by atomic mass is 32.2. The Hall–Kier alpha value is -1.45. The van der Waals surface area contributed by atoms with Gasteiger partial charge >= 0.3 is 0 Å². The summed E-state index contributed by atoms with van der Waals surface area (Å²) in [6.07, 6.45) is 3.92. The van der Waals surface area contributed by atoms with Crippen molar-refractivity contribution in [3.63, 3.8) is 0 Å². The Kier molecular flexibility index (Phi) is 7.41. The van der Waals surface area contributed by atoms with Gasteiger partial charge in [0, 0.05) is 13.1 Å². The van der Waals surface area contributed by atoms with Crippen molar-refractivity contribution in [1.82, 2.24) is 14.9 Å². The first-order valence-corrected chi connectivity index (χ1v) is 11.8. The summed E-state index contributed by atoms with van der Waals surface area (Å²) < 4.78 is 27.3. The van der Waals surface area contributed by atoms with Gasteiger partial charge in [0.1, 0.15) is 9.75 Å². The van der Waals surface area contributed by atoms with Crippen LogP contribution in [-0.2, 0) is 19.6 Å². The lowest BCUT2D eigenvalue weighted by atomic mass is 9.80. The van der Waals surface area contributed by atoms with Gasteiger partial charge in [-0.25, -0.2) is 8.42 Å². The van der Waals surface area contributed by atoms with Crippen LogP contribution in [0, 0.1) is 0 Å². The summed E-state index contributed by atoms with van der Waals surface area (Å²) in [7, 11) is -3.76. The van der Waals surface area contributed by atoms with Crippen molar-refractivity contribution < 1.29 is 18.0 Å². The van der Waals surface area contributed by atoms with E-state index in [0.29, 0.717) is 25.9 Å². The maximum absolute atomic E-state index is 13.1. The van der Waals surface area contributed by atoms with E-state index in [1.165, 1.54) is 13.0 Å². The third kappa shape index (κ3) is 5.08. The fraction of sp³-hybridized carbons (Fsp3) is 0.667. The first-order chi connectivity index (χ1) is 12.8. The molecule has 1 unspecified atom stereocenters. The maximum Gasteiger partial charge on any atom is 0.250 e. The number of nitrogens with one attached hydrogen (secondary N) is 2. The van der Waals surface area contributed by atoms with Crippen molar-refractivity contribution in [2.24, 2.45) is 0 Å². The summed E-state index contributed by atoms with van der Waals surface area (Å²) in [5, 5.41) is 4.56. The smallest absolute Gasteiger partial charge is 0.250 e. The number of hydrogen-bond acceptors (Lipinski definition) is 5. The van der Waals surface area contributed by atoms with E-state index in [0.717, 1.165) is 30.6 Å². The normalized spacial score (nSPS) is 17.9. The van der Waals surface area contributed by atoms with Gasteiger partial charge in [0.25, 0.3) is 10.0 Å². The number of amides is 2. The Morgan fingerprint density at radius 2 is 1.85 bits per heavy atom. The van der Waals surface area contributed by atoms with Crippen LogP contribution in [0.3, 0.4) is 0 Å². The summed E-state index contributed by atoms with van der Waals surface area (Å²) >= 11 is 1.09.